The Bertz CT molecular complexity index is 504. The molecule has 1 aromatic heterocycles. The Kier molecular flexibility index (Phi) is 2.55. The number of nitrogens with zero attached hydrogens (tertiary/aromatic N) is 1. The van der Waals surface area contributed by atoms with Crippen LogP contribution in [-0.2, 0) is 0 Å². The molecule has 0 aliphatic heterocycles. The molecule has 4 nitrogen and oxygen atoms in total. The molecule has 0 aliphatic rings. The monoisotopic (exact) mass is 213 g/mol. The molecule has 0 saturated heterocycles. The Labute approximate surface area is 92.5 Å². The van der Waals surface area contributed by atoms with Crippen LogP contribution in [0.1, 0.15) is 10.4 Å². The molecule has 1 N–H and O–H groups in total. The fourth-order valence-corrected chi connectivity index (χ4v) is 1.42. The summed E-state index contributed by atoms with van der Waals surface area (Å²) in [5.41, 5.74) is 9.11. The van der Waals surface area contributed by atoms with Crippen LogP contribution in [0.25, 0.3) is 11.1 Å². The van der Waals surface area contributed by atoms with Crippen LogP contribution in [0.3, 0.4) is 0 Å². The van der Waals surface area contributed by atoms with E-state index < -0.39 is 5.91 Å². The molecule has 0 unspecified atom stereocenters. The van der Waals surface area contributed by atoms with Crippen LogP contribution in [0.2, 0.25) is 0 Å². The van der Waals surface area contributed by atoms with Crippen molar-refractivity contribution < 1.29 is 9.52 Å². The van der Waals surface area contributed by atoms with Crippen LogP contribution in [-0.4, -0.2) is 5.91 Å². The van der Waals surface area contributed by atoms with Crippen LogP contribution in [0.4, 0.5) is 0 Å². The number of hydrogen-bond donors (Lipinski definition) is 0. The van der Waals surface area contributed by atoms with Gasteiger partial charge in [-0.15, -0.1) is 0 Å². The smallest absolute Gasteiger partial charge is 0.269 e. The second-order valence-electron chi connectivity index (χ2n) is 3.35. The van der Waals surface area contributed by atoms with Gasteiger partial charge < -0.3 is 5.21 Å². The molecule has 0 bridgehead atoms. The Hall–Kier alpha value is -2.36. The van der Waals surface area contributed by atoms with Gasteiger partial charge in [0.15, 0.2) is 12.4 Å². The summed E-state index contributed by atoms with van der Waals surface area (Å²) in [6.07, 6.45) is 2.83. The van der Waals surface area contributed by atoms with E-state index in [-0.39, 0.29) is 0 Å². The first-order valence-electron chi connectivity index (χ1n) is 4.72. The SMILES string of the molecule is [NH]C(=O)c1ccc(-c2cc[n+]([O-])cc2)cc1. The van der Waals surface area contributed by atoms with E-state index in [0.29, 0.717) is 10.3 Å². The molecule has 0 fully saturated rings. The van der Waals surface area contributed by atoms with Gasteiger partial charge in [-0.3, -0.25) is 10.5 Å². The van der Waals surface area contributed by atoms with Crippen molar-refractivity contribution in [3.8, 4) is 11.1 Å². The van der Waals surface area contributed by atoms with E-state index in [1.807, 2.05) is 0 Å². The Morgan fingerprint density at radius 1 is 1.00 bits per heavy atom. The number of pyridine rings is 1. The summed E-state index contributed by atoms with van der Waals surface area (Å²) >= 11 is 0. The van der Waals surface area contributed by atoms with Crippen molar-refractivity contribution in [1.29, 1.82) is 0 Å². The van der Waals surface area contributed by atoms with Crippen molar-refractivity contribution in [2.45, 2.75) is 0 Å². The van der Waals surface area contributed by atoms with E-state index in [4.69, 9.17) is 5.73 Å². The third kappa shape index (κ3) is 2.00. The van der Waals surface area contributed by atoms with E-state index in [9.17, 15) is 10.0 Å². The van der Waals surface area contributed by atoms with Gasteiger partial charge in [0.2, 0.25) is 0 Å². The Morgan fingerprint density at radius 3 is 2.00 bits per heavy atom. The lowest BCUT2D eigenvalue weighted by Gasteiger charge is -2.02. The summed E-state index contributed by atoms with van der Waals surface area (Å²) in [7, 11) is 0. The van der Waals surface area contributed by atoms with Gasteiger partial charge in [-0.05, 0) is 23.3 Å². The minimum Gasteiger partial charge on any atom is -0.619 e. The maximum absolute atomic E-state index is 10.8. The number of carbonyl (C=O) groups excluding carboxylic acids is 1. The predicted octanol–water partition coefficient (Wildman–Crippen LogP) is 1.41. The number of rotatable bonds is 2. The highest BCUT2D eigenvalue weighted by Gasteiger charge is 2.02. The average molecular weight is 213 g/mol. The highest BCUT2D eigenvalue weighted by Crippen LogP contribution is 2.18. The highest BCUT2D eigenvalue weighted by atomic mass is 16.5. The summed E-state index contributed by atoms with van der Waals surface area (Å²) in [5, 5.41) is 10.8. The molecule has 1 heterocycles. The molecule has 1 amide bonds. The van der Waals surface area contributed by atoms with Crippen LogP contribution >= 0.6 is 0 Å². The van der Waals surface area contributed by atoms with Crippen LogP contribution in [0, 0.1) is 5.21 Å². The topological polar surface area (TPSA) is 67.8 Å². The first kappa shape index (κ1) is 10.2. The molecule has 1 aromatic carbocycles. The maximum Gasteiger partial charge on any atom is 0.269 e. The second-order valence-corrected chi connectivity index (χ2v) is 3.35. The lowest BCUT2D eigenvalue weighted by atomic mass is 10.1. The van der Waals surface area contributed by atoms with Gasteiger partial charge in [-0.25, -0.2) is 0 Å². The molecule has 79 valence electrons. The number of hydrogen-bond acceptors (Lipinski definition) is 2. The van der Waals surface area contributed by atoms with Crippen LogP contribution in [0.15, 0.2) is 48.8 Å². The second kappa shape index (κ2) is 4.02. The third-order valence-electron chi connectivity index (χ3n) is 2.28. The maximum atomic E-state index is 10.8. The van der Waals surface area contributed by atoms with E-state index in [0.717, 1.165) is 11.1 Å². The zero-order chi connectivity index (χ0) is 11.5. The number of carbonyl (C=O) groups is 1. The standard InChI is InChI=1S/C12H9N2O2/c13-12(15)11-3-1-9(2-4-11)10-5-7-14(16)8-6-10/h1-8,13H. The zero-order valence-electron chi connectivity index (χ0n) is 8.38. The molecule has 0 atom stereocenters. The van der Waals surface area contributed by atoms with Crippen LogP contribution in [0.5, 0.6) is 0 Å². The molecular weight excluding hydrogens is 204 g/mol. The Morgan fingerprint density at radius 2 is 1.50 bits per heavy atom. The van der Waals surface area contributed by atoms with Crippen molar-refractivity contribution >= 4 is 5.91 Å². The van der Waals surface area contributed by atoms with Crippen molar-refractivity contribution in [1.82, 2.24) is 5.73 Å². The van der Waals surface area contributed by atoms with Crippen molar-refractivity contribution in [3.63, 3.8) is 0 Å². The molecule has 4 heteroatoms. The largest absolute Gasteiger partial charge is 0.619 e. The van der Waals surface area contributed by atoms with Gasteiger partial charge in [0.05, 0.1) is 0 Å². The number of nitrogens with one attached hydrogen (secondary N) is 1. The van der Waals surface area contributed by atoms with Gasteiger partial charge >= 0.3 is 0 Å². The van der Waals surface area contributed by atoms with Gasteiger partial charge in [0.1, 0.15) is 0 Å². The van der Waals surface area contributed by atoms with Gasteiger partial charge in [0.25, 0.3) is 5.91 Å². The fourth-order valence-electron chi connectivity index (χ4n) is 1.42. The highest BCUT2D eigenvalue weighted by molar-refractivity contribution is 5.92. The summed E-state index contributed by atoms with van der Waals surface area (Å²) in [6.45, 7) is 0. The lowest BCUT2D eigenvalue weighted by molar-refractivity contribution is -0.605. The van der Waals surface area contributed by atoms with Crippen LogP contribution < -0.4 is 10.5 Å². The minimum absolute atomic E-state index is 0.360. The molecule has 16 heavy (non-hydrogen) atoms. The van der Waals surface area contributed by atoms with Gasteiger partial charge in [0, 0.05) is 17.7 Å². The van der Waals surface area contributed by atoms with Crippen molar-refractivity contribution in [3.05, 3.63) is 59.6 Å². The zero-order valence-corrected chi connectivity index (χ0v) is 8.38. The first-order valence-corrected chi connectivity index (χ1v) is 4.72. The minimum atomic E-state index is -0.697. The molecule has 0 aliphatic carbocycles. The molecule has 0 saturated carbocycles. The molecular formula is C12H9N2O2. The lowest BCUT2D eigenvalue weighted by Crippen LogP contribution is -2.23. The Balaban J connectivity index is 2.34. The molecule has 1 radical (unpaired) electrons. The van der Waals surface area contributed by atoms with E-state index in [1.54, 1.807) is 36.4 Å². The van der Waals surface area contributed by atoms with E-state index in [1.165, 1.54) is 12.4 Å². The summed E-state index contributed by atoms with van der Waals surface area (Å²) in [5.74, 6) is -0.697. The molecule has 0 spiro atoms. The van der Waals surface area contributed by atoms with E-state index >= 15 is 0 Å². The summed E-state index contributed by atoms with van der Waals surface area (Å²) in [4.78, 5) is 10.8. The quantitative estimate of drug-likeness (QED) is 0.559. The number of benzene rings is 1. The van der Waals surface area contributed by atoms with Crippen molar-refractivity contribution in [2.75, 3.05) is 0 Å². The molecule has 2 rings (SSSR count). The van der Waals surface area contributed by atoms with E-state index in [2.05, 4.69) is 0 Å². The van der Waals surface area contributed by atoms with Gasteiger partial charge in [-0.2, -0.15) is 4.73 Å². The number of amides is 1. The first-order chi connectivity index (χ1) is 7.66. The normalized spacial score (nSPS) is 10.0. The van der Waals surface area contributed by atoms with Gasteiger partial charge in [-0.1, -0.05) is 12.1 Å². The number of aromatic nitrogens is 1. The molecule has 2 aromatic rings. The predicted molar refractivity (Wildman–Crippen MR) is 58.3 cm³/mol. The average Bonchev–Trinajstić information content (AvgIpc) is 2.30. The van der Waals surface area contributed by atoms with Crippen molar-refractivity contribution in [2.24, 2.45) is 0 Å². The fraction of sp³-hybridized carbons (Fsp3) is 0. The summed E-state index contributed by atoms with van der Waals surface area (Å²) < 4.78 is 0.713. The summed E-state index contributed by atoms with van der Waals surface area (Å²) in [6, 6.07) is 10.1. The third-order valence-corrected chi connectivity index (χ3v) is 2.28.